The lowest BCUT2D eigenvalue weighted by Gasteiger charge is -2.36. The standard InChI is InChI=1S/C19H21ClN4O3/c1-21-19(26)16-3-2-8-22-18(16)24-11-9-23(10-12-24)17(25)13-27-15-6-4-14(20)5-7-15/h2-8H,9-13H2,1H3,(H,21,26). The van der Waals surface area contributed by atoms with Crippen LogP contribution in [-0.2, 0) is 4.79 Å². The molecule has 3 rings (SSSR count). The van der Waals surface area contributed by atoms with Crippen LogP contribution in [0.1, 0.15) is 10.4 Å². The van der Waals surface area contributed by atoms with Gasteiger partial charge in [0.2, 0.25) is 0 Å². The first-order valence-electron chi connectivity index (χ1n) is 8.66. The molecule has 0 atom stereocenters. The van der Waals surface area contributed by atoms with Gasteiger partial charge in [-0.25, -0.2) is 4.98 Å². The molecule has 0 aliphatic carbocycles. The van der Waals surface area contributed by atoms with Gasteiger partial charge >= 0.3 is 0 Å². The molecule has 1 N–H and O–H groups in total. The maximum absolute atomic E-state index is 12.4. The predicted octanol–water partition coefficient (Wildman–Crippen LogP) is 1.82. The molecule has 0 unspecified atom stereocenters. The molecule has 1 aliphatic rings. The van der Waals surface area contributed by atoms with Crippen molar-refractivity contribution in [2.75, 3.05) is 44.7 Å². The summed E-state index contributed by atoms with van der Waals surface area (Å²) in [4.78, 5) is 32.5. The van der Waals surface area contributed by atoms with Gasteiger partial charge in [0, 0.05) is 44.4 Å². The van der Waals surface area contributed by atoms with Crippen LogP contribution < -0.4 is 15.0 Å². The van der Waals surface area contributed by atoms with E-state index in [1.165, 1.54) is 0 Å². The van der Waals surface area contributed by atoms with Crippen molar-refractivity contribution in [3.8, 4) is 5.75 Å². The van der Waals surface area contributed by atoms with E-state index in [1.54, 1.807) is 54.5 Å². The van der Waals surface area contributed by atoms with E-state index in [2.05, 4.69) is 10.3 Å². The first-order chi connectivity index (χ1) is 13.1. The third kappa shape index (κ3) is 4.68. The van der Waals surface area contributed by atoms with Crippen LogP contribution in [0.4, 0.5) is 5.82 Å². The first-order valence-corrected chi connectivity index (χ1v) is 9.04. The molecular weight excluding hydrogens is 368 g/mol. The molecule has 2 aromatic rings. The summed E-state index contributed by atoms with van der Waals surface area (Å²) in [5.41, 5.74) is 0.533. The molecule has 8 heteroatoms. The average Bonchev–Trinajstić information content (AvgIpc) is 2.72. The second-order valence-corrected chi connectivity index (χ2v) is 6.50. The van der Waals surface area contributed by atoms with E-state index in [-0.39, 0.29) is 18.4 Å². The summed E-state index contributed by atoms with van der Waals surface area (Å²) in [5.74, 6) is 1.00. The number of halogens is 1. The largest absolute Gasteiger partial charge is 0.484 e. The number of piperazine rings is 1. The molecule has 0 saturated carbocycles. The number of carbonyl (C=O) groups is 2. The highest BCUT2D eigenvalue weighted by Gasteiger charge is 2.24. The van der Waals surface area contributed by atoms with Crippen molar-refractivity contribution in [1.82, 2.24) is 15.2 Å². The zero-order chi connectivity index (χ0) is 19.2. The lowest BCUT2D eigenvalue weighted by Crippen LogP contribution is -2.50. The molecule has 1 fully saturated rings. The molecule has 1 aromatic carbocycles. The minimum Gasteiger partial charge on any atom is -0.484 e. The topological polar surface area (TPSA) is 74.8 Å². The highest BCUT2D eigenvalue weighted by Crippen LogP contribution is 2.19. The molecule has 1 aromatic heterocycles. The summed E-state index contributed by atoms with van der Waals surface area (Å²) in [6.07, 6.45) is 1.67. The van der Waals surface area contributed by atoms with Crippen LogP contribution in [0.5, 0.6) is 5.75 Å². The van der Waals surface area contributed by atoms with Crippen molar-refractivity contribution in [2.45, 2.75) is 0 Å². The number of nitrogens with one attached hydrogen (secondary N) is 1. The summed E-state index contributed by atoms with van der Waals surface area (Å²) < 4.78 is 5.52. The quantitative estimate of drug-likeness (QED) is 0.845. The van der Waals surface area contributed by atoms with Crippen molar-refractivity contribution in [2.24, 2.45) is 0 Å². The molecule has 2 amide bonds. The van der Waals surface area contributed by atoms with Crippen LogP contribution >= 0.6 is 11.6 Å². The van der Waals surface area contributed by atoms with Gasteiger partial charge < -0.3 is 19.9 Å². The van der Waals surface area contributed by atoms with Gasteiger partial charge in [-0.15, -0.1) is 0 Å². The van der Waals surface area contributed by atoms with Crippen LogP contribution in [0.3, 0.4) is 0 Å². The molecule has 1 aliphatic heterocycles. The Kier molecular flexibility index (Phi) is 6.13. The zero-order valence-electron chi connectivity index (χ0n) is 15.0. The molecule has 0 radical (unpaired) electrons. The van der Waals surface area contributed by atoms with Crippen LogP contribution in [0, 0.1) is 0 Å². The van der Waals surface area contributed by atoms with Gasteiger partial charge in [0.05, 0.1) is 5.56 Å². The van der Waals surface area contributed by atoms with E-state index in [9.17, 15) is 9.59 Å². The van der Waals surface area contributed by atoms with Gasteiger partial charge in [-0.1, -0.05) is 11.6 Å². The number of pyridine rings is 1. The third-order valence-corrected chi connectivity index (χ3v) is 4.62. The van der Waals surface area contributed by atoms with Gasteiger partial charge in [0.25, 0.3) is 11.8 Å². The average molecular weight is 389 g/mol. The Labute approximate surface area is 162 Å². The zero-order valence-corrected chi connectivity index (χ0v) is 15.8. The first kappa shape index (κ1) is 19.0. The normalized spacial score (nSPS) is 14.0. The summed E-state index contributed by atoms with van der Waals surface area (Å²) in [7, 11) is 1.59. The fraction of sp³-hybridized carbons (Fsp3) is 0.316. The Morgan fingerprint density at radius 3 is 2.52 bits per heavy atom. The monoisotopic (exact) mass is 388 g/mol. The summed E-state index contributed by atoms with van der Waals surface area (Å²) >= 11 is 5.83. The van der Waals surface area contributed by atoms with Crippen LogP contribution in [-0.4, -0.2) is 61.5 Å². The number of carbonyl (C=O) groups excluding carboxylic acids is 2. The Morgan fingerprint density at radius 2 is 1.85 bits per heavy atom. The number of aromatic nitrogens is 1. The number of hydrogen-bond donors (Lipinski definition) is 1. The van der Waals surface area contributed by atoms with E-state index < -0.39 is 0 Å². The highest BCUT2D eigenvalue weighted by molar-refractivity contribution is 6.30. The molecule has 142 valence electrons. The van der Waals surface area contributed by atoms with Gasteiger partial charge in [-0.3, -0.25) is 9.59 Å². The van der Waals surface area contributed by atoms with Crippen LogP contribution in [0.15, 0.2) is 42.6 Å². The number of ether oxygens (including phenoxy) is 1. The van der Waals surface area contributed by atoms with Gasteiger partial charge in [0.15, 0.2) is 6.61 Å². The number of hydrogen-bond acceptors (Lipinski definition) is 5. The molecule has 0 bridgehead atoms. The molecule has 0 spiro atoms. The number of benzene rings is 1. The summed E-state index contributed by atoms with van der Waals surface area (Å²) in [6, 6.07) is 10.4. The van der Waals surface area contributed by atoms with Crippen LogP contribution in [0.2, 0.25) is 5.02 Å². The van der Waals surface area contributed by atoms with Crippen molar-refractivity contribution < 1.29 is 14.3 Å². The Balaban J connectivity index is 1.55. The SMILES string of the molecule is CNC(=O)c1cccnc1N1CCN(C(=O)COc2ccc(Cl)cc2)CC1. The number of rotatable bonds is 5. The van der Waals surface area contributed by atoms with E-state index >= 15 is 0 Å². The van der Waals surface area contributed by atoms with Crippen molar-refractivity contribution in [3.63, 3.8) is 0 Å². The van der Waals surface area contributed by atoms with Crippen LogP contribution in [0.25, 0.3) is 0 Å². The summed E-state index contributed by atoms with van der Waals surface area (Å²) in [6.45, 7) is 2.29. The molecule has 27 heavy (non-hydrogen) atoms. The van der Waals surface area contributed by atoms with Crippen molar-refractivity contribution >= 4 is 29.2 Å². The van der Waals surface area contributed by atoms with Crippen molar-refractivity contribution in [1.29, 1.82) is 0 Å². The molecule has 2 heterocycles. The smallest absolute Gasteiger partial charge is 0.260 e. The molecule has 7 nitrogen and oxygen atoms in total. The highest BCUT2D eigenvalue weighted by atomic mass is 35.5. The van der Waals surface area contributed by atoms with E-state index in [0.717, 1.165) is 0 Å². The van der Waals surface area contributed by atoms with Gasteiger partial charge in [-0.05, 0) is 36.4 Å². The van der Waals surface area contributed by atoms with E-state index in [4.69, 9.17) is 16.3 Å². The second kappa shape index (κ2) is 8.73. The van der Waals surface area contributed by atoms with Gasteiger partial charge in [-0.2, -0.15) is 0 Å². The Hall–Kier alpha value is -2.80. The number of anilines is 1. The lowest BCUT2D eigenvalue weighted by atomic mass is 10.2. The molecule has 1 saturated heterocycles. The predicted molar refractivity (Wildman–Crippen MR) is 103 cm³/mol. The Bertz CT molecular complexity index is 805. The Morgan fingerprint density at radius 1 is 1.15 bits per heavy atom. The minimum absolute atomic E-state index is 0.0191. The lowest BCUT2D eigenvalue weighted by molar-refractivity contribution is -0.133. The molecular formula is C19H21ClN4O3. The third-order valence-electron chi connectivity index (χ3n) is 4.37. The fourth-order valence-electron chi connectivity index (χ4n) is 2.90. The maximum atomic E-state index is 12.4. The number of nitrogens with zero attached hydrogens (tertiary/aromatic N) is 3. The van der Waals surface area contributed by atoms with Gasteiger partial charge in [0.1, 0.15) is 11.6 Å². The van der Waals surface area contributed by atoms with E-state index in [1.807, 2.05) is 4.90 Å². The van der Waals surface area contributed by atoms with E-state index in [0.29, 0.717) is 48.3 Å². The second-order valence-electron chi connectivity index (χ2n) is 6.06. The fourth-order valence-corrected chi connectivity index (χ4v) is 3.02. The number of amides is 2. The summed E-state index contributed by atoms with van der Waals surface area (Å²) in [5, 5.41) is 3.25. The minimum atomic E-state index is -0.173. The van der Waals surface area contributed by atoms with Crippen molar-refractivity contribution in [3.05, 3.63) is 53.2 Å². The maximum Gasteiger partial charge on any atom is 0.260 e.